The fraction of sp³-hybridized carbons (Fsp3) is 0.733. The number of esters is 2. The molecule has 0 aromatic heterocycles. The lowest BCUT2D eigenvalue weighted by Crippen LogP contribution is -2.43. The van der Waals surface area contributed by atoms with Gasteiger partial charge in [-0.25, -0.2) is 0 Å². The van der Waals surface area contributed by atoms with Gasteiger partial charge < -0.3 is 25.4 Å². The smallest absolute Gasteiger partial charge is 0.320 e. The van der Waals surface area contributed by atoms with Crippen LogP contribution in [0, 0.1) is 0 Å². The van der Waals surface area contributed by atoms with Crippen LogP contribution in [0.5, 0.6) is 0 Å². The van der Waals surface area contributed by atoms with Crippen molar-refractivity contribution in [3.05, 3.63) is 0 Å². The van der Waals surface area contributed by atoms with Crippen LogP contribution in [-0.2, 0) is 28.7 Å². The van der Waals surface area contributed by atoms with Crippen molar-refractivity contribution in [3.8, 4) is 0 Å². The largest absolute Gasteiger partial charge is 0.480 e. The van der Waals surface area contributed by atoms with E-state index in [1.807, 2.05) is 0 Å². The number of carboxylic acids is 2. The minimum atomic E-state index is -1.13. The zero-order chi connectivity index (χ0) is 20.3. The normalized spacial score (nSPS) is 13.3. The summed E-state index contributed by atoms with van der Waals surface area (Å²) < 4.78 is 10.1. The van der Waals surface area contributed by atoms with Crippen LogP contribution in [0.25, 0.3) is 0 Å². The Hall–Kier alpha value is -2.24. The monoisotopic (exact) mass is 377 g/mol. The molecule has 0 amide bonds. The molecule has 2 atom stereocenters. The van der Waals surface area contributed by atoms with Crippen molar-refractivity contribution in [1.29, 1.82) is 0 Å². The molecule has 11 heteroatoms. The number of carbonyl (C=O) groups excluding carboxylic acids is 2. The zero-order valence-electron chi connectivity index (χ0n) is 15.2. The number of nitrogens with two attached hydrogens (primary N) is 1. The SMILES string of the molecule is CC(=O)OC(CN)C(C)OC(=O)CN(CCN(C)CC(=O)O)CC(=O)O. The van der Waals surface area contributed by atoms with Crippen LogP contribution in [0.4, 0.5) is 0 Å². The highest BCUT2D eigenvalue weighted by Gasteiger charge is 2.24. The van der Waals surface area contributed by atoms with E-state index in [0.29, 0.717) is 0 Å². The molecule has 0 aromatic rings. The molecule has 0 aromatic carbocycles. The van der Waals surface area contributed by atoms with Crippen molar-refractivity contribution in [2.75, 3.05) is 46.3 Å². The molecular formula is C15H27N3O8. The molecule has 0 spiro atoms. The average molecular weight is 377 g/mol. The van der Waals surface area contributed by atoms with Crippen molar-refractivity contribution in [3.63, 3.8) is 0 Å². The van der Waals surface area contributed by atoms with Crippen LogP contribution in [0.15, 0.2) is 0 Å². The maximum Gasteiger partial charge on any atom is 0.320 e. The first kappa shape index (κ1) is 23.8. The number of ether oxygens (including phenoxy) is 2. The molecule has 0 saturated carbocycles. The zero-order valence-corrected chi connectivity index (χ0v) is 15.2. The predicted molar refractivity (Wildman–Crippen MR) is 89.4 cm³/mol. The van der Waals surface area contributed by atoms with Gasteiger partial charge in [0.2, 0.25) is 0 Å². The molecular weight excluding hydrogens is 350 g/mol. The molecule has 0 saturated heterocycles. The van der Waals surface area contributed by atoms with Gasteiger partial charge in [-0.1, -0.05) is 0 Å². The van der Waals surface area contributed by atoms with Gasteiger partial charge in [0.1, 0.15) is 6.10 Å². The number of likely N-dealkylation sites (N-methyl/N-ethyl adjacent to an activating group) is 1. The Labute approximate surface area is 151 Å². The predicted octanol–water partition coefficient (Wildman–Crippen LogP) is -1.79. The maximum absolute atomic E-state index is 12.0. The summed E-state index contributed by atoms with van der Waals surface area (Å²) in [4.78, 5) is 47.4. The summed E-state index contributed by atoms with van der Waals surface area (Å²) in [5.41, 5.74) is 5.48. The van der Waals surface area contributed by atoms with Crippen molar-refractivity contribution in [2.24, 2.45) is 5.73 Å². The average Bonchev–Trinajstić information content (AvgIpc) is 2.48. The van der Waals surface area contributed by atoms with Crippen molar-refractivity contribution in [2.45, 2.75) is 26.1 Å². The molecule has 2 unspecified atom stereocenters. The molecule has 0 heterocycles. The van der Waals surface area contributed by atoms with Gasteiger partial charge in [0.25, 0.3) is 0 Å². The Morgan fingerprint density at radius 1 is 1.00 bits per heavy atom. The lowest BCUT2D eigenvalue weighted by molar-refractivity contribution is -0.165. The molecule has 26 heavy (non-hydrogen) atoms. The van der Waals surface area contributed by atoms with Gasteiger partial charge in [0.05, 0.1) is 19.6 Å². The van der Waals surface area contributed by atoms with E-state index in [1.165, 1.54) is 23.6 Å². The second-order valence-corrected chi connectivity index (χ2v) is 5.81. The lowest BCUT2D eigenvalue weighted by atomic mass is 10.2. The van der Waals surface area contributed by atoms with Crippen molar-refractivity contribution in [1.82, 2.24) is 9.80 Å². The fourth-order valence-electron chi connectivity index (χ4n) is 2.08. The third-order valence-corrected chi connectivity index (χ3v) is 3.31. The number of hydrogen-bond acceptors (Lipinski definition) is 9. The summed E-state index contributed by atoms with van der Waals surface area (Å²) in [6.07, 6.45) is -1.59. The molecule has 0 fully saturated rings. The van der Waals surface area contributed by atoms with E-state index in [4.69, 9.17) is 25.4 Å². The maximum atomic E-state index is 12.0. The van der Waals surface area contributed by atoms with Crippen LogP contribution in [0.1, 0.15) is 13.8 Å². The van der Waals surface area contributed by atoms with E-state index in [9.17, 15) is 19.2 Å². The summed E-state index contributed by atoms with van der Waals surface area (Å²) in [6, 6.07) is 0. The third-order valence-electron chi connectivity index (χ3n) is 3.31. The van der Waals surface area contributed by atoms with Gasteiger partial charge in [0.15, 0.2) is 6.10 Å². The second-order valence-electron chi connectivity index (χ2n) is 5.81. The third kappa shape index (κ3) is 11.3. The van der Waals surface area contributed by atoms with E-state index >= 15 is 0 Å². The highest BCUT2D eigenvalue weighted by atomic mass is 16.6. The second kappa shape index (κ2) is 12.2. The molecule has 150 valence electrons. The first-order chi connectivity index (χ1) is 12.0. The number of aliphatic carboxylic acids is 2. The Balaban J connectivity index is 4.63. The fourth-order valence-corrected chi connectivity index (χ4v) is 2.08. The summed E-state index contributed by atoms with van der Waals surface area (Å²) >= 11 is 0. The van der Waals surface area contributed by atoms with Crippen LogP contribution in [0.3, 0.4) is 0 Å². The molecule has 0 rings (SSSR count). The summed E-state index contributed by atoms with van der Waals surface area (Å²) in [7, 11) is 1.57. The van der Waals surface area contributed by atoms with Crippen molar-refractivity contribution >= 4 is 23.9 Å². The Bertz CT molecular complexity index is 499. The van der Waals surface area contributed by atoms with Crippen LogP contribution in [0.2, 0.25) is 0 Å². The molecule has 4 N–H and O–H groups in total. The van der Waals surface area contributed by atoms with Gasteiger partial charge in [-0.2, -0.15) is 0 Å². The van der Waals surface area contributed by atoms with Crippen LogP contribution >= 0.6 is 0 Å². The summed E-state index contributed by atoms with van der Waals surface area (Å²) in [6.45, 7) is 2.17. The molecule has 0 aliphatic rings. The van der Waals surface area contributed by atoms with Gasteiger partial charge in [0, 0.05) is 26.6 Å². The van der Waals surface area contributed by atoms with E-state index in [2.05, 4.69) is 0 Å². The summed E-state index contributed by atoms with van der Waals surface area (Å²) in [5, 5.41) is 17.6. The van der Waals surface area contributed by atoms with E-state index in [0.717, 1.165) is 0 Å². The quantitative estimate of drug-likeness (QED) is 0.311. The number of hydrogen-bond donors (Lipinski definition) is 3. The number of nitrogens with zero attached hydrogens (tertiary/aromatic N) is 2. The summed E-state index contributed by atoms with van der Waals surface area (Å²) in [5.74, 6) is -3.40. The van der Waals surface area contributed by atoms with Gasteiger partial charge in [-0.05, 0) is 14.0 Å². The molecule has 0 aliphatic heterocycles. The topological polar surface area (TPSA) is 160 Å². The van der Waals surface area contributed by atoms with E-state index in [1.54, 1.807) is 7.05 Å². The van der Waals surface area contributed by atoms with Gasteiger partial charge in [-0.3, -0.25) is 29.0 Å². The van der Waals surface area contributed by atoms with Crippen LogP contribution < -0.4 is 5.73 Å². The number of carbonyl (C=O) groups is 4. The molecule has 0 aliphatic carbocycles. The Morgan fingerprint density at radius 3 is 2.04 bits per heavy atom. The standard InChI is InChI=1S/C15H27N3O8/c1-10(12(6-16)26-11(2)19)25-15(24)9-18(8-14(22)23)5-4-17(3)7-13(20)21/h10,12H,4-9,16H2,1-3H3,(H,20,21)(H,22,23). The highest BCUT2D eigenvalue weighted by molar-refractivity contribution is 5.74. The minimum Gasteiger partial charge on any atom is -0.480 e. The molecule has 0 radical (unpaired) electrons. The van der Waals surface area contributed by atoms with Crippen LogP contribution in [-0.4, -0.2) is 102 Å². The first-order valence-electron chi connectivity index (χ1n) is 7.96. The highest BCUT2D eigenvalue weighted by Crippen LogP contribution is 2.05. The van der Waals surface area contributed by atoms with E-state index < -0.39 is 42.6 Å². The Kier molecular flexibility index (Phi) is 11.1. The van der Waals surface area contributed by atoms with Gasteiger partial charge >= 0.3 is 23.9 Å². The molecule has 0 bridgehead atoms. The minimum absolute atomic E-state index is 0.0349. The van der Waals surface area contributed by atoms with Crippen molar-refractivity contribution < 1.29 is 38.9 Å². The molecule has 11 nitrogen and oxygen atoms in total. The van der Waals surface area contributed by atoms with E-state index in [-0.39, 0.29) is 32.7 Å². The Morgan fingerprint density at radius 2 is 1.58 bits per heavy atom. The number of carboxylic acid groups (broad SMARTS) is 2. The number of rotatable bonds is 13. The van der Waals surface area contributed by atoms with Gasteiger partial charge in [-0.15, -0.1) is 0 Å². The lowest BCUT2D eigenvalue weighted by Gasteiger charge is -2.25. The first-order valence-corrected chi connectivity index (χ1v) is 7.96.